The Hall–Kier alpha value is -2.18. The van der Waals surface area contributed by atoms with Gasteiger partial charge < -0.3 is 5.11 Å². The SMILES string of the molecule is Cc1c(-c2ccc(Cl)cc2)nnn1CC(O)Cn1cccn1. The summed E-state index contributed by atoms with van der Waals surface area (Å²) < 4.78 is 3.40. The molecule has 0 bridgehead atoms. The van der Waals surface area contributed by atoms with Crippen molar-refractivity contribution in [2.24, 2.45) is 0 Å². The van der Waals surface area contributed by atoms with Crippen molar-refractivity contribution in [2.75, 3.05) is 0 Å². The van der Waals surface area contributed by atoms with Crippen molar-refractivity contribution < 1.29 is 5.11 Å². The minimum atomic E-state index is -0.585. The van der Waals surface area contributed by atoms with Gasteiger partial charge in [-0.1, -0.05) is 28.9 Å². The average Bonchev–Trinajstić information content (AvgIpc) is 3.11. The zero-order chi connectivity index (χ0) is 15.5. The van der Waals surface area contributed by atoms with Crippen molar-refractivity contribution >= 4 is 11.6 Å². The van der Waals surface area contributed by atoms with E-state index in [1.807, 2.05) is 43.5 Å². The van der Waals surface area contributed by atoms with Crippen LogP contribution in [0.15, 0.2) is 42.7 Å². The Kier molecular flexibility index (Phi) is 4.22. The number of rotatable bonds is 5. The molecule has 0 saturated carbocycles. The van der Waals surface area contributed by atoms with Crippen molar-refractivity contribution in [3.8, 4) is 11.3 Å². The van der Waals surface area contributed by atoms with E-state index in [0.717, 1.165) is 17.0 Å². The minimum absolute atomic E-state index is 0.367. The van der Waals surface area contributed by atoms with Gasteiger partial charge >= 0.3 is 0 Å². The smallest absolute Gasteiger partial charge is 0.115 e. The topological polar surface area (TPSA) is 68.8 Å². The fraction of sp³-hybridized carbons (Fsp3) is 0.267. The Labute approximate surface area is 133 Å². The molecule has 1 atom stereocenters. The molecule has 0 amide bonds. The van der Waals surface area contributed by atoms with Crippen LogP contribution in [0.5, 0.6) is 0 Å². The molecule has 2 heterocycles. The molecule has 3 rings (SSSR count). The molecule has 0 aliphatic rings. The summed E-state index contributed by atoms with van der Waals surface area (Å²) in [6, 6.07) is 9.28. The predicted octanol–water partition coefficient (Wildman–Crippen LogP) is 2.16. The lowest BCUT2D eigenvalue weighted by molar-refractivity contribution is 0.124. The van der Waals surface area contributed by atoms with Crippen LogP contribution >= 0.6 is 11.6 Å². The molecule has 2 aromatic heterocycles. The highest BCUT2D eigenvalue weighted by atomic mass is 35.5. The second kappa shape index (κ2) is 6.29. The van der Waals surface area contributed by atoms with Gasteiger partial charge in [-0.2, -0.15) is 5.10 Å². The summed E-state index contributed by atoms with van der Waals surface area (Å²) in [5.74, 6) is 0. The molecule has 3 aromatic rings. The maximum absolute atomic E-state index is 10.1. The molecule has 0 fully saturated rings. The fourth-order valence-electron chi connectivity index (χ4n) is 2.29. The van der Waals surface area contributed by atoms with E-state index in [1.165, 1.54) is 0 Å². The normalized spacial score (nSPS) is 12.5. The summed E-state index contributed by atoms with van der Waals surface area (Å²) in [5, 5.41) is 23.2. The Morgan fingerprint density at radius 3 is 2.68 bits per heavy atom. The van der Waals surface area contributed by atoms with Crippen LogP contribution in [-0.4, -0.2) is 36.0 Å². The standard InChI is InChI=1S/C15H16ClN5O/c1-11-15(12-3-5-13(16)6-4-12)18-19-21(11)10-14(22)9-20-8-2-7-17-20/h2-8,14,22H,9-10H2,1H3. The number of aromatic nitrogens is 5. The van der Waals surface area contributed by atoms with E-state index in [2.05, 4.69) is 15.4 Å². The van der Waals surface area contributed by atoms with Crippen LogP contribution in [0.2, 0.25) is 5.02 Å². The quantitative estimate of drug-likeness (QED) is 0.783. The highest BCUT2D eigenvalue weighted by molar-refractivity contribution is 6.30. The van der Waals surface area contributed by atoms with Crippen LogP contribution < -0.4 is 0 Å². The summed E-state index contributed by atoms with van der Waals surface area (Å²) in [5.41, 5.74) is 2.65. The first-order chi connectivity index (χ1) is 10.6. The maximum Gasteiger partial charge on any atom is 0.115 e. The monoisotopic (exact) mass is 317 g/mol. The van der Waals surface area contributed by atoms with Gasteiger partial charge in [0.05, 0.1) is 24.9 Å². The van der Waals surface area contributed by atoms with Gasteiger partial charge in [0.15, 0.2) is 0 Å². The first-order valence-corrected chi connectivity index (χ1v) is 7.33. The van der Waals surface area contributed by atoms with E-state index in [0.29, 0.717) is 18.1 Å². The summed E-state index contributed by atoms with van der Waals surface area (Å²) in [6.45, 7) is 2.72. The number of hydrogen-bond donors (Lipinski definition) is 1. The lowest BCUT2D eigenvalue weighted by atomic mass is 10.1. The molecule has 114 valence electrons. The van der Waals surface area contributed by atoms with E-state index in [-0.39, 0.29) is 0 Å². The summed E-state index contributed by atoms with van der Waals surface area (Å²) in [4.78, 5) is 0. The molecular formula is C15H16ClN5O. The third-order valence-electron chi connectivity index (χ3n) is 3.44. The van der Waals surface area contributed by atoms with Crippen LogP contribution in [0.1, 0.15) is 5.69 Å². The molecule has 1 unspecified atom stereocenters. The molecule has 0 spiro atoms. The second-order valence-electron chi connectivity index (χ2n) is 5.09. The van der Waals surface area contributed by atoms with Gasteiger partial charge in [-0.25, -0.2) is 4.68 Å². The van der Waals surface area contributed by atoms with Crippen molar-refractivity contribution in [1.29, 1.82) is 0 Å². The van der Waals surface area contributed by atoms with Crippen LogP contribution in [0, 0.1) is 6.92 Å². The number of aliphatic hydroxyl groups is 1. The molecule has 0 saturated heterocycles. The van der Waals surface area contributed by atoms with E-state index in [4.69, 9.17) is 11.6 Å². The summed E-state index contributed by atoms with van der Waals surface area (Å²) in [6.07, 6.45) is 2.92. The van der Waals surface area contributed by atoms with Gasteiger partial charge in [0.1, 0.15) is 5.69 Å². The molecule has 6 nitrogen and oxygen atoms in total. The molecule has 1 aromatic carbocycles. The molecule has 0 radical (unpaired) electrons. The lowest BCUT2D eigenvalue weighted by Gasteiger charge is -2.11. The third kappa shape index (κ3) is 3.18. The van der Waals surface area contributed by atoms with Crippen LogP contribution in [0.3, 0.4) is 0 Å². The van der Waals surface area contributed by atoms with Crippen molar-refractivity contribution in [1.82, 2.24) is 24.8 Å². The van der Waals surface area contributed by atoms with Crippen LogP contribution in [-0.2, 0) is 13.1 Å². The maximum atomic E-state index is 10.1. The first kappa shape index (κ1) is 14.7. The number of hydrogen-bond acceptors (Lipinski definition) is 4. The Morgan fingerprint density at radius 2 is 2.00 bits per heavy atom. The van der Waals surface area contributed by atoms with Gasteiger partial charge in [0.25, 0.3) is 0 Å². The van der Waals surface area contributed by atoms with Gasteiger partial charge in [0, 0.05) is 23.0 Å². The zero-order valence-electron chi connectivity index (χ0n) is 12.1. The molecular weight excluding hydrogens is 302 g/mol. The third-order valence-corrected chi connectivity index (χ3v) is 3.69. The van der Waals surface area contributed by atoms with Crippen LogP contribution in [0.4, 0.5) is 0 Å². The highest BCUT2D eigenvalue weighted by Crippen LogP contribution is 2.22. The van der Waals surface area contributed by atoms with Crippen molar-refractivity contribution in [2.45, 2.75) is 26.1 Å². The molecule has 0 aliphatic carbocycles. The molecule has 7 heteroatoms. The van der Waals surface area contributed by atoms with Crippen molar-refractivity contribution in [3.63, 3.8) is 0 Å². The van der Waals surface area contributed by atoms with E-state index in [1.54, 1.807) is 15.6 Å². The Bertz CT molecular complexity index is 736. The zero-order valence-corrected chi connectivity index (χ0v) is 12.9. The number of aliphatic hydroxyl groups excluding tert-OH is 1. The second-order valence-corrected chi connectivity index (χ2v) is 5.53. The van der Waals surface area contributed by atoms with E-state index in [9.17, 15) is 5.11 Å². The van der Waals surface area contributed by atoms with Gasteiger partial charge in [-0.3, -0.25) is 4.68 Å². The fourth-order valence-corrected chi connectivity index (χ4v) is 2.42. The number of halogens is 1. The van der Waals surface area contributed by atoms with Gasteiger partial charge in [0.2, 0.25) is 0 Å². The van der Waals surface area contributed by atoms with Gasteiger partial charge in [-0.15, -0.1) is 5.10 Å². The minimum Gasteiger partial charge on any atom is -0.389 e. The number of nitrogens with zero attached hydrogens (tertiary/aromatic N) is 5. The largest absolute Gasteiger partial charge is 0.389 e. The van der Waals surface area contributed by atoms with E-state index < -0.39 is 6.10 Å². The van der Waals surface area contributed by atoms with Crippen LogP contribution in [0.25, 0.3) is 11.3 Å². The highest BCUT2D eigenvalue weighted by Gasteiger charge is 2.14. The lowest BCUT2D eigenvalue weighted by Crippen LogP contribution is -2.23. The molecule has 22 heavy (non-hydrogen) atoms. The Balaban J connectivity index is 1.74. The molecule has 0 aliphatic heterocycles. The predicted molar refractivity (Wildman–Crippen MR) is 83.4 cm³/mol. The molecule has 1 N–H and O–H groups in total. The average molecular weight is 318 g/mol. The first-order valence-electron chi connectivity index (χ1n) is 6.95. The van der Waals surface area contributed by atoms with Gasteiger partial charge in [-0.05, 0) is 25.1 Å². The van der Waals surface area contributed by atoms with E-state index >= 15 is 0 Å². The summed E-state index contributed by atoms with van der Waals surface area (Å²) in [7, 11) is 0. The number of benzene rings is 1. The van der Waals surface area contributed by atoms with Crippen molar-refractivity contribution in [3.05, 3.63) is 53.4 Å². The summed E-state index contributed by atoms with van der Waals surface area (Å²) >= 11 is 5.90. The Morgan fingerprint density at radius 1 is 1.23 bits per heavy atom.